The van der Waals surface area contributed by atoms with Crippen molar-refractivity contribution in [1.29, 1.82) is 5.26 Å². The van der Waals surface area contributed by atoms with Crippen LogP contribution in [0.4, 0.5) is 5.88 Å². The minimum Gasteiger partial charge on any atom is -0.440 e. The molecule has 3 nitrogen and oxygen atoms in total. The monoisotopic (exact) mass is 394 g/mol. The fourth-order valence-electron chi connectivity index (χ4n) is 1.73. The maximum absolute atomic E-state index is 9.32. The van der Waals surface area contributed by atoms with Gasteiger partial charge < -0.3 is 9.32 Å². The second kappa shape index (κ2) is 6.29. The molecule has 2 rings (SSSR count). The molecule has 0 fully saturated rings. The number of allylic oxidation sites excluding steroid dienone is 1. The van der Waals surface area contributed by atoms with Crippen LogP contribution in [0.3, 0.4) is 0 Å². The molecule has 102 valence electrons. The average Bonchev–Trinajstić information content (AvgIpc) is 2.77. The van der Waals surface area contributed by atoms with Crippen molar-refractivity contribution in [2.75, 3.05) is 19.0 Å². The van der Waals surface area contributed by atoms with Gasteiger partial charge in [0.1, 0.15) is 5.76 Å². The lowest BCUT2D eigenvalue weighted by atomic mass is 10.1. The van der Waals surface area contributed by atoms with E-state index in [1.165, 1.54) is 0 Å². The summed E-state index contributed by atoms with van der Waals surface area (Å²) in [5.74, 6) is 1.36. The number of anilines is 1. The highest BCUT2D eigenvalue weighted by molar-refractivity contribution is 9.10. The average molecular weight is 396 g/mol. The van der Waals surface area contributed by atoms with Crippen LogP contribution in [0.2, 0.25) is 0 Å². The summed E-state index contributed by atoms with van der Waals surface area (Å²) in [6.07, 6.45) is 1.74. The van der Waals surface area contributed by atoms with Gasteiger partial charge in [-0.05, 0) is 39.7 Å². The molecule has 1 aromatic carbocycles. The zero-order valence-corrected chi connectivity index (χ0v) is 14.2. The predicted molar refractivity (Wildman–Crippen MR) is 88.4 cm³/mol. The lowest BCUT2D eigenvalue weighted by Gasteiger charge is -2.07. The Kier molecular flexibility index (Phi) is 4.69. The summed E-state index contributed by atoms with van der Waals surface area (Å²) >= 11 is 6.85. The molecule has 0 aliphatic carbocycles. The molecule has 0 N–H and O–H groups in total. The molecule has 1 aromatic heterocycles. The van der Waals surface area contributed by atoms with Gasteiger partial charge in [0, 0.05) is 24.6 Å². The molecule has 0 saturated heterocycles. The third-order valence-electron chi connectivity index (χ3n) is 2.64. The van der Waals surface area contributed by atoms with Gasteiger partial charge in [-0.3, -0.25) is 0 Å². The number of nitrogens with zero attached hydrogens (tertiary/aromatic N) is 2. The highest BCUT2D eigenvalue weighted by Crippen LogP contribution is 2.31. The van der Waals surface area contributed by atoms with Crippen molar-refractivity contribution in [3.63, 3.8) is 0 Å². The van der Waals surface area contributed by atoms with Crippen molar-refractivity contribution >= 4 is 49.4 Å². The van der Waals surface area contributed by atoms with Gasteiger partial charge in [-0.15, -0.1) is 0 Å². The number of hydrogen-bond donors (Lipinski definition) is 0. The van der Waals surface area contributed by atoms with Gasteiger partial charge in [0.25, 0.3) is 0 Å². The zero-order chi connectivity index (χ0) is 14.7. The van der Waals surface area contributed by atoms with Crippen molar-refractivity contribution in [2.45, 2.75) is 0 Å². The third-order valence-corrected chi connectivity index (χ3v) is 3.70. The molecule has 0 atom stereocenters. The summed E-state index contributed by atoms with van der Waals surface area (Å²) in [6.45, 7) is 0. The summed E-state index contributed by atoms with van der Waals surface area (Å²) in [5.41, 5.74) is 1.40. The second-order valence-electron chi connectivity index (χ2n) is 4.38. The smallest absolute Gasteiger partial charge is 0.209 e. The van der Waals surface area contributed by atoms with Gasteiger partial charge in [-0.2, -0.15) is 5.26 Å². The summed E-state index contributed by atoms with van der Waals surface area (Å²) < 4.78 is 7.50. The largest absolute Gasteiger partial charge is 0.440 e. The fraction of sp³-hybridized carbons (Fsp3) is 0.133. The molecule has 0 spiro atoms. The van der Waals surface area contributed by atoms with Crippen LogP contribution >= 0.6 is 31.9 Å². The Balaban J connectivity index is 2.42. The molecule has 2 aromatic rings. The Bertz CT molecular complexity index is 696. The van der Waals surface area contributed by atoms with Crippen LogP contribution < -0.4 is 4.90 Å². The van der Waals surface area contributed by atoms with Crippen molar-refractivity contribution in [2.24, 2.45) is 0 Å². The van der Waals surface area contributed by atoms with Crippen LogP contribution in [0, 0.1) is 11.3 Å². The summed E-state index contributed by atoms with van der Waals surface area (Å²) in [5, 5.41) is 9.32. The molecular formula is C15H12Br2N2O. The third kappa shape index (κ3) is 3.33. The summed E-state index contributed by atoms with van der Waals surface area (Å²) in [4.78, 5) is 1.87. The highest BCUT2D eigenvalue weighted by atomic mass is 79.9. The number of rotatable bonds is 3. The molecule has 0 amide bonds. The van der Waals surface area contributed by atoms with Crippen molar-refractivity contribution in [3.8, 4) is 6.07 Å². The maximum Gasteiger partial charge on any atom is 0.209 e. The van der Waals surface area contributed by atoms with Crippen LogP contribution in [0.15, 0.2) is 43.7 Å². The van der Waals surface area contributed by atoms with Crippen molar-refractivity contribution < 1.29 is 4.42 Å². The Labute approximate surface area is 134 Å². The molecule has 5 heteroatoms. The minimum absolute atomic E-state index is 0.554. The number of halogens is 2. The van der Waals surface area contributed by atoms with Gasteiger partial charge in [-0.1, -0.05) is 28.1 Å². The molecule has 0 bridgehead atoms. The van der Waals surface area contributed by atoms with Crippen molar-refractivity contribution in [3.05, 3.63) is 50.6 Å². The van der Waals surface area contributed by atoms with Crippen LogP contribution in [-0.4, -0.2) is 14.1 Å². The summed E-state index contributed by atoms with van der Waals surface area (Å²) in [7, 11) is 3.80. The standard InChI is InChI=1S/C15H12Br2N2O/c1-19(2)15-14(17)8-13(20-15)7-11(9-18)10-4-3-5-12(16)6-10/h3-8H,1-2H3/b11-7-. The van der Waals surface area contributed by atoms with E-state index >= 15 is 0 Å². The van der Waals surface area contributed by atoms with E-state index in [2.05, 4.69) is 37.9 Å². The van der Waals surface area contributed by atoms with Gasteiger partial charge in [0.05, 0.1) is 16.1 Å². The molecule has 0 aliphatic rings. The molecule has 0 radical (unpaired) electrons. The SMILES string of the molecule is CN(C)c1oc(/C=C(/C#N)c2cccc(Br)c2)cc1Br. The van der Waals surface area contributed by atoms with Crippen LogP contribution in [0.25, 0.3) is 11.6 Å². The maximum atomic E-state index is 9.32. The molecular weight excluding hydrogens is 384 g/mol. The molecule has 20 heavy (non-hydrogen) atoms. The Hall–Kier alpha value is -1.51. The van der Waals surface area contributed by atoms with E-state index in [1.54, 1.807) is 6.08 Å². The number of benzene rings is 1. The summed E-state index contributed by atoms with van der Waals surface area (Å²) in [6, 6.07) is 11.7. The van der Waals surface area contributed by atoms with Gasteiger partial charge in [-0.25, -0.2) is 0 Å². The first-order valence-corrected chi connectivity index (χ1v) is 7.44. The zero-order valence-electron chi connectivity index (χ0n) is 11.0. The Morgan fingerprint density at radius 3 is 2.60 bits per heavy atom. The van der Waals surface area contributed by atoms with E-state index in [0.717, 1.165) is 20.4 Å². The lowest BCUT2D eigenvalue weighted by molar-refractivity contribution is 0.554. The van der Waals surface area contributed by atoms with Crippen LogP contribution in [0.1, 0.15) is 11.3 Å². The van der Waals surface area contributed by atoms with E-state index in [-0.39, 0.29) is 0 Å². The molecule has 1 heterocycles. The number of furan rings is 1. The lowest BCUT2D eigenvalue weighted by Crippen LogP contribution is -2.07. The molecule has 0 unspecified atom stereocenters. The first-order valence-electron chi connectivity index (χ1n) is 5.85. The van der Waals surface area contributed by atoms with Gasteiger partial charge in [0.2, 0.25) is 5.88 Å². The number of hydrogen-bond acceptors (Lipinski definition) is 3. The highest BCUT2D eigenvalue weighted by Gasteiger charge is 2.10. The first kappa shape index (κ1) is 14.9. The molecule has 0 aliphatic heterocycles. The topological polar surface area (TPSA) is 40.2 Å². The van der Waals surface area contributed by atoms with Crippen LogP contribution in [0.5, 0.6) is 0 Å². The number of nitriles is 1. The van der Waals surface area contributed by atoms with E-state index in [1.807, 2.05) is 49.3 Å². The fourth-order valence-corrected chi connectivity index (χ4v) is 2.79. The van der Waals surface area contributed by atoms with E-state index in [9.17, 15) is 5.26 Å². The van der Waals surface area contributed by atoms with E-state index < -0.39 is 0 Å². The Morgan fingerprint density at radius 2 is 2.05 bits per heavy atom. The second-order valence-corrected chi connectivity index (χ2v) is 6.15. The predicted octanol–water partition coefficient (Wildman–Crippen LogP) is 4.93. The quantitative estimate of drug-likeness (QED) is 0.691. The minimum atomic E-state index is 0.554. The van der Waals surface area contributed by atoms with E-state index in [4.69, 9.17) is 4.42 Å². The normalized spacial score (nSPS) is 11.2. The van der Waals surface area contributed by atoms with Crippen LogP contribution in [-0.2, 0) is 0 Å². The van der Waals surface area contributed by atoms with Crippen molar-refractivity contribution in [1.82, 2.24) is 0 Å². The first-order chi connectivity index (χ1) is 9.51. The Morgan fingerprint density at radius 1 is 1.30 bits per heavy atom. The molecule has 0 saturated carbocycles. The van der Waals surface area contributed by atoms with E-state index in [0.29, 0.717) is 11.3 Å². The van der Waals surface area contributed by atoms with Gasteiger partial charge >= 0.3 is 0 Å². The van der Waals surface area contributed by atoms with Gasteiger partial charge in [0.15, 0.2) is 0 Å².